The first-order chi connectivity index (χ1) is 10.0. The highest BCUT2D eigenvalue weighted by atomic mass is 16.5. The minimum absolute atomic E-state index is 0.115. The van der Waals surface area contributed by atoms with E-state index in [-0.39, 0.29) is 17.9 Å². The third kappa shape index (κ3) is 2.71. The number of carbonyl (C=O) groups excluding carboxylic acids is 1. The molecule has 21 heavy (non-hydrogen) atoms. The highest BCUT2D eigenvalue weighted by Crippen LogP contribution is 2.52. The van der Waals surface area contributed by atoms with Crippen molar-refractivity contribution in [2.24, 2.45) is 11.3 Å². The number of carbonyl (C=O) groups is 1. The number of amides is 1. The van der Waals surface area contributed by atoms with Crippen molar-refractivity contribution < 1.29 is 14.3 Å². The summed E-state index contributed by atoms with van der Waals surface area (Å²) in [6.07, 6.45) is 3.72. The molecular weight excluding hydrogens is 268 g/mol. The average molecular weight is 296 g/mol. The Morgan fingerprint density at radius 1 is 1.33 bits per heavy atom. The Labute approximate surface area is 127 Å². The zero-order chi connectivity index (χ0) is 15.0. The number of hydrogen-bond acceptors (Lipinski definition) is 4. The second-order valence-electron chi connectivity index (χ2n) is 7.30. The van der Waals surface area contributed by atoms with E-state index < -0.39 is 0 Å². The molecule has 3 aliphatic rings. The fraction of sp³-hybridized carbons (Fsp3) is 0.938. The molecule has 1 aliphatic carbocycles. The van der Waals surface area contributed by atoms with Crippen molar-refractivity contribution >= 4 is 5.91 Å². The second kappa shape index (κ2) is 5.86. The molecule has 3 fully saturated rings. The van der Waals surface area contributed by atoms with E-state index in [9.17, 15) is 4.79 Å². The third-order valence-electron chi connectivity index (χ3n) is 5.63. The van der Waals surface area contributed by atoms with Crippen molar-refractivity contribution in [1.82, 2.24) is 10.2 Å². The number of nitrogens with one attached hydrogen (secondary N) is 1. The predicted octanol–water partition coefficient (Wildman–Crippen LogP) is 1.03. The molecule has 0 bridgehead atoms. The quantitative estimate of drug-likeness (QED) is 0.842. The summed E-state index contributed by atoms with van der Waals surface area (Å²) in [5.74, 6) is 0.803. The zero-order valence-electron chi connectivity index (χ0n) is 13.4. The maximum atomic E-state index is 11.8. The SMILES string of the molecule is COCC(=O)N1CCC(NC2C3CCOC3C2(C)C)CC1. The highest BCUT2D eigenvalue weighted by Gasteiger charge is 2.59. The standard InChI is InChI=1S/C16H28N2O3/c1-16(2)14(12-6-9-21-15(12)16)17-11-4-7-18(8-5-11)13(19)10-20-3/h11-12,14-15,17H,4-10H2,1-3H3. The summed E-state index contributed by atoms with van der Waals surface area (Å²) in [5.41, 5.74) is 0.240. The largest absolute Gasteiger partial charge is 0.377 e. The van der Waals surface area contributed by atoms with E-state index >= 15 is 0 Å². The van der Waals surface area contributed by atoms with Gasteiger partial charge >= 0.3 is 0 Å². The molecule has 3 rings (SSSR count). The van der Waals surface area contributed by atoms with Crippen LogP contribution in [-0.4, -0.2) is 62.4 Å². The number of likely N-dealkylation sites (tertiary alicyclic amines) is 1. The fourth-order valence-corrected chi connectivity index (χ4v) is 4.43. The summed E-state index contributed by atoms with van der Waals surface area (Å²) in [7, 11) is 1.57. The minimum Gasteiger partial charge on any atom is -0.377 e. The topological polar surface area (TPSA) is 50.8 Å². The third-order valence-corrected chi connectivity index (χ3v) is 5.63. The van der Waals surface area contributed by atoms with E-state index in [0.717, 1.165) is 32.5 Å². The maximum Gasteiger partial charge on any atom is 0.248 e. The first-order valence-corrected chi connectivity index (χ1v) is 8.18. The molecule has 2 saturated heterocycles. The number of methoxy groups -OCH3 is 1. The van der Waals surface area contributed by atoms with Gasteiger partial charge in [-0.25, -0.2) is 0 Å². The van der Waals surface area contributed by atoms with Crippen molar-refractivity contribution in [1.29, 1.82) is 0 Å². The molecule has 120 valence electrons. The van der Waals surface area contributed by atoms with Crippen LogP contribution < -0.4 is 5.32 Å². The fourth-order valence-electron chi connectivity index (χ4n) is 4.43. The van der Waals surface area contributed by atoms with Crippen molar-refractivity contribution in [3.05, 3.63) is 0 Å². The van der Waals surface area contributed by atoms with Crippen LogP contribution in [0.5, 0.6) is 0 Å². The summed E-state index contributed by atoms with van der Waals surface area (Å²) in [6, 6.07) is 1.10. The van der Waals surface area contributed by atoms with Crippen LogP contribution in [0.25, 0.3) is 0 Å². The Hall–Kier alpha value is -0.650. The van der Waals surface area contributed by atoms with Gasteiger partial charge in [0.1, 0.15) is 6.61 Å². The Kier molecular flexibility index (Phi) is 4.26. The zero-order valence-corrected chi connectivity index (χ0v) is 13.4. The Morgan fingerprint density at radius 2 is 2.05 bits per heavy atom. The van der Waals surface area contributed by atoms with Gasteiger partial charge in [-0.3, -0.25) is 4.79 Å². The Balaban J connectivity index is 1.49. The number of ether oxygens (including phenoxy) is 2. The molecule has 0 aromatic heterocycles. The number of hydrogen-bond donors (Lipinski definition) is 1. The van der Waals surface area contributed by atoms with Gasteiger partial charge in [0.15, 0.2) is 0 Å². The number of piperidine rings is 1. The molecular formula is C16H28N2O3. The lowest BCUT2D eigenvalue weighted by Gasteiger charge is -2.56. The average Bonchev–Trinajstić information content (AvgIpc) is 2.92. The van der Waals surface area contributed by atoms with Crippen LogP contribution in [0.2, 0.25) is 0 Å². The maximum absolute atomic E-state index is 11.8. The molecule has 3 unspecified atom stereocenters. The lowest BCUT2D eigenvalue weighted by atomic mass is 9.57. The van der Waals surface area contributed by atoms with Crippen LogP contribution in [0.15, 0.2) is 0 Å². The summed E-state index contributed by atoms with van der Waals surface area (Å²) >= 11 is 0. The molecule has 0 aromatic rings. The molecule has 0 radical (unpaired) electrons. The van der Waals surface area contributed by atoms with Crippen molar-refractivity contribution in [2.45, 2.75) is 51.3 Å². The predicted molar refractivity (Wildman–Crippen MR) is 80.0 cm³/mol. The first kappa shape index (κ1) is 15.3. The van der Waals surface area contributed by atoms with Crippen molar-refractivity contribution in [3.63, 3.8) is 0 Å². The molecule has 2 aliphatic heterocycles. The van der Waals surface area contributed by atoms with E-state index in [0.29, 0.717) is 24.1 Å². The van der Waals surface area contributed by atoms with Crippen molar-refractivity contribution in [3.8, 4) is 0 Å². The lowest BCUT2D eigenvalue weighted by Crippen LogP contribution is -2.68. The first-order valence-electron chi connectivity index (χ1n) is 8.18. The van der Waals surface area contributed by atoms with Crippen LogP contribution in [0, 0.1) is 11.3 Å². The summed E-state index contributed by atoms with van der Waals surface area (Å²) < 4.78 is 10.8. The van der Waals surface area contributed by atoms with Gasteiger partial charge in [0.25, 0.3) is 0 Å². The van der Waals surface area contributed by atoms with E-state index in [4.69, 9.17) is 9.47 Å². The Morgan fingerprint density at radius 3 is 2.71 bits per heavy atom. The van der Waals surface area contributed by atoms with Gasteiger partial charge in [0.2, 0.25) is 5.91 Å². The molecule has 0 spiro atoms. The molecule has 0 aromatic carbocycles. The smallest absolute Gasteiger partial charge is 0.248 e. The van der Waals surface area contributed by atoms with Gasteiger partial charge in [-0.1, -0.05) is 13.8 Å². The van der Waals surface area contributed by atoms with Gasteiger partial charge in [-0.2, -0.15) is 0 Å². The molecule has 1 amide bonds. The van der Waals surface area contributed by atoms with Crippen LogP contribution in [0.3, 0.4) is 0 Å². The van der Waals surface area contributed by atoms with Crippen LogP contribution in [0.1, 0.15) is 33.1 Å². The number of rotatable bonds is 4. The molecule has 1 saturated carbocycles. The van der Waals surface area contributed by atoms with E-state index in [1.807, 2.05) is 4.90 Å². The highest BCUT2D eigenvalue weighted by molar-refractivity contribution is 5.77. The number of nitrogens with zero attached hydrogens (tertiary/aromatic N) is 1. The van der Waals surface area contributed by atoms with Crippen molar-refractivity contribution in [2.75, 3.05) is 33.4 Å². The van der Waals surface area contributed by atoms with Crippen LogP contribution in [0.4, 0.5) is 0 Å². The minimum atomic E-state index is 0.115. The monoisotopic (exact) mass is 296 g/mol. The molecule has 5 heteroatoms. The van der Waals surface area contributed by atoms with Gasteiger partial charge in [0, 0.05) is 50.2 Å². The van der Waals surface area contributed by atoms with E-state index in [1.165, 1.54) is 6.42 Å². The summed E-state index contributed by atoms with van der Waals surface area (Å²) in [6.45, 7) is 7.44. The summed E-state index contributed by atoms with van der Waals surface area (Å²) in [5, 5.41) is 3.86. The molecule has 5 nitrogen and oxygen atoms in total. The molecule has 3 atom stereocenters. The molecule has 2 heterocycles. The summed E-state index contributed by atoms with van der Waals surface area (Å²) in [4.78, 5) is 13.7. The molecule has 1 N–H and O–H groups in total. The van der Waals surface area contributed by atoms with E-state index in [1.54, 1.807) is 7.11 Å². The normalized spacial score (nSPS) is 35.4. The van der Waals surface area contributed by atoms with E-state index in [2.05, 4.69) is 19.2 Å². The van der Waals surface area contributed by atoms with Gasteiger partial charge in [-0.05, 0) is 19.3 Å². The number of fused-ring (bicyclic) bond motifs is 1. The Bertz CT molecular complexity index is 391. The van der Waals surface area contributed by atoms with Gasteiger partial charge < -0.3 is 19.7 Å². The van der Waals surface area contributed by atoms with Crippen LogP contribution in [-0.2, 0) is 14.3 Å². The van der Waals surface area contributed by atoms with Gasteiger partial charge in [0.05, 0.1) is 6.10 Å². The van der Waals surface area contributed by atoms with Gasteiger partial charge in [-0.15, -0.1) is 0 Å². The lowest BCUT2D eigenvalue weighted by molar-refractivity contribution is -0.137. The van der Waals surface area contributed by atoms with Crippen LogP contribution >= 0.6 is 0 Å². The second-order valence-corrected chi connectivity index (χ2v) is 7.30.